The molecule has 152 valence electrons. The van der Waals surface area contributed by atoms with Crippen molar-refractivity contribution in [1.82, 2.24) is 24.8 Å². The maximum atomic E-state index is 13.2. The third kappa shape index (κ3) is 4.51. The number of rotatable bonds is 6. The van der Waals surface area contributed by atoms with Gasteiger partial charge in [0.05, 0.1) is 12.6 Å². The summed E-state index contributed by atoms with van der Waals surface area (Å²) in [6, 6.07) is -0.0224. The normalized spacial score (nSPS) is 23.4. The van der Waals surface area contributed by atoms with Gasteiger partial charge in [0.25, 0.3) is 0 Å². The van der Waals surface area contributed by atoms with Crippen molar-refractivity contribution in [2.45, 2.75) is 65.0 Å². The molecule has 7 heteroatoms. The SMILES string of the molecule is CCCN1CC2(CCN(C)CC2)CC1C(=O)N(C)Cc1nc(C(C)C)no1. The van der Waals surface area contributed by atoms with Crippen LogP contribution in [0.1, 0.15) is 64.1 Å². The molecule has 7 nitrogen and oxygen atoms in total. The van der Waals surface area contributed by atoms with Crippen molar-refractivity contribution in [3.05, 3.63) is 11.7 Å². The van der Waals surface area contributed by atoms with Gasteiger partial charge < -0.3 is 14.3 Å². The van der Waals surface area contributed by atoms with E-state index in [0.717, 1.165) is 39.0 Å². The second-order valence-corrected chi connectivity index (χ2v) is 8.89. The standard InChI is InChI=1S/C20H35N5O2/c1-6-9-25-14-20(7-10-23(4)11-8-20)12-16(25)19(26)24(5)13-17-21-18(15(2)3)22-27-17/h15-16H,6-14H2,1-5H3. The third-order valence-electron chi connectivity index (χ3n) is 6.20. The monoisotopic (exact) mass is 377 g/mol. The zero-order chi connectivity index (χ0) is 19.6. The Kier molecular flexibility index (Phi) is 6.21. The Morgan fingerprint density at radius 2 is 2.07 bits per heavy atom. The third-order valence-corrected chi connectivity index (χ3v) is 6.20. The highest BCUT2D eigenvalue weighted by atomic mass is 16.5. The average molecular weight is 378 g/mol. The number of hydrogen-bond acceptors (Lipinski definition) is 6. The summed E-state index contributed by atoms with van der Waals surface area (Å²) in [7, 11) is 4.04. The lowest BCUT2D eigenvalue weighted by Crippen LogP contribution is -2.44. The van der Waals surface area contributed by atoms with Crippen molar-refractivity contribution in [2.75, 3.05) is 40.3 Å². The quantitative estimate of drug-likeness (QED) is 0.758. The summed E-state index contributed by atoms with van der Waals surface area (Å²) in [6.07, 6.45) is 4.44. The van der Waals surface area contributed by atoms with Gasteiger partial charge in [-0.2, -0.15) is 4.98 Å². The van der Waals surface area contributed by atoms with Crippen molar-refractivity contribution in [2.24, 2.45) is 5.41 Å². The fraction of sp³-hybridized carbons (Fsp3) is 0.850. The summed E-state index contributed by atoms with van der Waals surface area (Å²) in [5, 5.41) is 4.01. The van der Waals surface area contributed by atoms with Crippen molar-refractivity contribution in [3.63, 3.8) is 0 Å². The van der Waals surface area contributed by atoms with Gasteiger partial charge >= 0.3 is 0 Å². The maximum absolute atomic E-state index is 13.2. The van der Waals surface area contributed by atoms with Crippen molar-refractivity contribution in [1.29, 1.82) is 0 Å². The summed E-state index contributed by atoms with van der Waals surface area (Å²) in [5.41, 5.74) is 0.304. The molecule has 2 fully saturated rings. The van der Waals surface area contributed by atoms with Crippen LogP contribution in [0.15, 0.2) is 4.52 Å². The highest BCUT2D eigenvalue weighted by Gasteiger charge is 2.47. The highest BCUT2D eigenvalue weighted by molar-refractivity contribution is 5.82. The molecule has 27 heavy (non-hydrogen) atoms. The number of hydrogen-bond donors (Lipinski definition) is 0. The van der Waals surface area contributed by atoms with Crippen LogP contribution < -0.4 is 0 Å². The van der Waals surface area contributed by atoms with E-state index < -0.39 is 0 Å². The average Bonchev–Trinajstić information content (AvgIpc) is 3.23. The van der Waals surface area contributed by atoms with Gasteiger partial charge in [-0.3, -0.25) is 9.69 Å². The zero-order valence-corrected chi connectivity index (χ0v) is 17.6. The molecule has 2 aliphatic heterocycles. The predicted octanol–water partition coefficient (Wildman–Crippen LogP) is 2.35. The number of likely N-dealkylation sites (N-methyl/N-ethyl adjacent to an activating group) is 1. The lowest BCUT2D eigenvalue weighted by Gasteiger charge is -2.37. The zero-order valence-electron chi connectivity index (χ0n) is 17.6. The maximum Gasteiger partial charge on any atom is 0.246 e. The molecule has 0 N–H and O–H groups in total. The Hall–Kier alpha value is -1.47. The minimum absolute atomic E-state index is 0.0224. The Bertz CT molecular complexity index is 636. The van der Waals surface area contributed by atoms with E-state index in [1.165, 1.54) is 12.8 Å². The number of aromatic nitrogens is 2. The molecule has 3 rings (SSSR count). The molecule has 1 amide bonds. The Morgan fingerprint density at radius 1 is 1.37 bits per heavy atom. The Morgan fingerprint density at radius 3 is 2.67 bits per heavy atom. The van der Waals surface area contributed by atoms with Crippen LogP contribution in [-0.2, 0) is 11.3 Å². The molecule has 0 aliphatic carbocycles. The summed E-state index contributed by atoms with van der Waals surface area (Å²) >= 11 is 0. The number of likely N-dealkylation sites (tertiary alicyclic amines) is 2. The van der Waals surface area contributed by atoms with Gasteiger partial charge in [0, 0.05) is 19.5 Å². The first kappa shape index (κ1) is 20.3. The van der Waals surface area contributed by atoms with E-state index in [4.69, 9.17) is 4.52 Å². The summed E-state index contributed by atoms with van der Waals surface area (Å²) in [5.74, 6) is 1.62. The molecule has 0 saturated carbocycles. The molecular formula is C20H35N5O2. The van der Waals surface area contributed by atoms with Crippen LogP contribution >= 0.6 is 0 Å². The van der Waals surface area contributed by atoms with E-state index in [0.29, 0.717) is 23.7 Å². The highest BCUT2D eigenvalue weighted by Crippen LogP contribution is 2.43. The Balaban J connectivity index is 1.67. The topological polar surface area (TPSA) is 65.7 Å². The predicted molar refractivity (Wildman–Crippen MR) is 104 cm³/mol. The molecule has 3 heterocycles. The first-order chi connectivity index (χ1) is 12.8. The van der Waals surface area contributed by atoms with Crippen LogP contribution in [0, 0.1) is 5.41 Å². The molecule has 2 saturated heterocycles. The molecular weight excluding hydrogens is 342 g/mol. The molecule has 1 aromatic heterocycles. The largest absolute Gasteiger partial charge is 0.337 e. The van der Waals surface area contributed by atoms with Gasteiger partial charge in [0.1, 0.15) is 0 Å². The van der Waals surface area contributed by atoms with E-state index >= 15 is 0 Å². The van der Waals surface area contributed by atoms with Gasteiger partial charge in [0.15, 0.2) is 5.82 Å². The molecule has 0 aromatic carbocycles. The van der Waals surface area contributed by atoms with Crippen LogP contribution in [0.4, 0.5) is 0 Å². The minimum Gasteiger partial charge on any atom is -0.337 e. The van der Waals surface area contributed by atoms with Gasteiger partial charge in [-0.1, -0.05) is 25.9 Å². The molecule has 0 bridgehead atoms. The van der Waals surface area contributed by atoms with E-state index in [1.807, 2.05) is 20.9 Å². The van der Waals surface area contributed by atoms with Crippen molar-refractivity contribution >= 4 is 5.91 Å². The van der Waals surface area contributed by atoms with Crippen LogP contribution in [0.5, 0.6) is 0 Å². The van der Waals surface area contributed by atoms with E-state index in [2.05, 4.69) is 33.9 Å². The second-order valence-electron chi connectivity index (χ2n) is 8.89. The van der Waals surface area contributed by atoms with Crippen molar-refractivity contribution in [3.8, 4) is 0 Å². The summed E-state index contributed by atoms with van der Waals surface area (Å²) < 4.78 is 5.33. The van der Waals surface area contributed by atoms with Crippen LogP contribution in [0.2, 0.25) is 0 Å². The molecule has 1 unspecified atom stereocenters. The van der Waals surface area contributed by atoms with Crippen molar-refractivity contribution < 1.29 is 9.32 Å². The molecule has 1 aromatic rings. The number of carbonyl (C=O) groups is 1. The number of piperidine rings is 1. The van der Waals surface area contributed by atoms with Gasteiger partial charge in [-0.25, -0.2) is 0 Å². The second kappa shape index (κ2) is 8.27. The molecule has 2 aliphatic rings. The van der Waals surface area contributed by atoms with E-state index in [9.17, 15) is 4.79 Å². The molecule has 1 spiro atoms. The fourth-order valence-corrected chi connectivity index (χ4v) is 4.47. The minimum atomic E-state index is -0.0224. The van der Waals surface area contributed by atoms with Crippen LogP contribution in [0.3, 0.4) is 0 Å². The smallest absolute Gasteiger partial charge is 0.246 e. The lowest BCUT2D eigenvalue weighted by molar-refractivity contribution is -0.135. The fourth-order valence-electron chi connectivity index (χ4n) is 4.47. The molecule has 0 radical (unpaired) electrons. The molecule has 1 atom stereocenters. The van der Waals surface area contributed by atoms with Crippen LogP contribution in [-0.4, -0.2) is 77.1 Å². The number of nitrogens with zero attached hydrogens (tertiary/aromatic N) is 5. The summed E-state index contributed by atoms with van der Waals surface area (Å²) in [4.78, 5) is 24.2. The first-order valence-corrected chi connectivity index (χ1v) is 10.3. The van der Waals surface area contributed by atoms with Gasteiger partial charge in [-0.15, -0.1) is 0 Å². The van der Waals surface area contributed by atoms with Gasteiger partial charge in [0.2, 0.25) is 11.8 Å². The number of amides is 1. The van der Waals surface area contributed by atoms with E-state index in [1.54, 1.807) is 4.90 Å². The van der Waals surface area contributed by atoms with Gasteiger partial charge in [-0.05, 0) is 57.8 Å². The summed E-state index contributed by atoms with van der Waals surface area (Å²) in [6.45, 7) is 10.9. The lowest BCUT2D eigenvalue weighted by atomic mass is 9.76. The Labute approximate surface area is 163 Å². The first-order valence-electron chi connectivity index (χ1n) is 10.3. The number of carbonyl (C=O) groups excluding carboxylic acids is 1. The van der Waals surface area contributed by atoms with E-state index in [-0.39, 0.29) is 17.9 Å². The van der Waals surface area contributed by atoms with Crippen LogP contribution in [0.25, 0.3) is 0 Å².